The summed E-state index contributed by atoms with van der Waals surface area (Å²) in [4.78, 5) is 5.25. The van der Waals surface area contributed by atoms with Gasteiger partial charge in [0.05, 0.1) is 5.69 Å². The molecule has 5 heteroatoms. The van der Waals surface area contributed by atoms with Crippen molar-refractivity contribution in [3.8, 4) is 0 Å². The molecule has 0 bridgehead atoms. The summed E-state index contributed by atoms with van der Waals surface area (Å²) >= 11 is 3.08. The zero-order valence-electron chi connectivity index (χ0n) is 8.74. The standard InChI is InChI=1S/C11H11FN2S2/c1-7-4-8(12)2-3-10(7)15-5-9-6-16-11(13)14-9/h2-4,6H,5H2,1H3,(H2,13,14). The Balaban J connectivity index is 2.04. The van der Waals surface area contributed by atoms with Crippen molar-refractivity contribution >= 4 is 28.2 Å². The van der Waals surface area contributed by atoms with E-state index in [9.17, 15) is 4.39 Å². The third-order valence-electron chi connectivity index (χ3n) is 2.08. The van der Waals surface area contributed by atoms with Gasteiger partial charge in [-0.2, -0.15) is 0 Å². The van der Waals surface area contributed by atoms with E-state index < -0.39 is 0 Å². The molecular formula is C11H11FN2S2. The molecule has 1 aromatic heterocycles. The topological polar surface area (TPSA) is 38.9 Å². The van der Waals surface area contributed by atoms with Gasteiger partial charge in [-0.15, -0.1) is 23.1 Å². The Morgan fingerprint density at radius 3 is 2.94 bits per heavy atom. The van der Waals surface area contributed by atoms with Gasteiger partial charge in [0, 0.05) is 16.0 Å². The zero-order valence-corrected chi connectivity index (χ0v) is 10.4. The first-order valence-corrected chi connectivity index (χ1v) is 6.60. The van der Waals surface area contributed by atoms with Crippen LogP contribution >= 0.6 is 23.1 Å². The van der Waals surface area contributed by atoms with Crippen molar-refractivity contribution in [2.75, 3.05) is 5.73 Å². The molecule has 2 aromatic rings. The van der Waals surface area contributed by atoms with Crippen LogP contribution in [0.5, 0.6) is 0 Å². The van der Waals surface area contributed by atoms with E-state index in [2.05, 4.69) is 4.98 Å². The van der Waals surface area contributed by atoms with Crippen LogP contribution in [0.15, 0.2) is 28.5 Å². The third kappa shape index (κ3) is 2.74. The number of halogens is 1. The highest BCUT2D eigenvalue weighted by Gasteiger charge is 2.03. The van der Waals surface area contributed by atoms with Crippen molar-refractivity contribution in [3.63, 3.8) is 0 Å². The molecule has 0 saturated heterocycles. The second kappa shape index (κ2) is 4.84. The summed E-state index contributed by atoms with van der Waals surface area (Å²) in [6.45, 7) is 1.90. The number of anilines is 1. The van der Waals surface area contributed by atoms with Crippen LogP contribution in [0.4, 0.5) is 9.52 Å². The molecule has 0 unspecified atom stereocenters. The van der Waals surface area contributed by atoms with Gasteiger partial charge in [0.2, 0.25) is 0 Å². The van der Waals surface area contributed by atoms with Crippen molar-refractivity contribution < 1.29 is 4.39 Å². The van der Waals surface area contributed by atoms with E-state index in [1.165, 1.54) is 23.5 Å². The van der Waals surface area contributed by atoms with Crippen molar-refractivity contribution in [1.82, 2.24) is 4.98 Å². The van der Waals surface area contributed by atoms with Gasteiger partial charge >= 0.3 is 0 Å². The predicted octanol–water partition coefficient (Wildman–Crippen LogP) is 3.47. The number of rotatable bonds is 3. The molecule has 2 N–H and O–H groups in total. The van der Waals surface area contributed by atoms with Crippen LogP contribution in [0, 0.1) is 12.7 Å². The summed E-state index contributed by atoms with van der Waals surface area (Å²) in [6, 6.07) is 4.81. The summed E-state index contributed by atoms with van der Waals surface area (Å²) in [7, 11) is 0. The molecule has 0 aliphatic carbocycles. The molecule has 0 spiro atoms. The summed E-state index contributed by atoms with van der Waals surface area (Å²) in [5.74, 6) is 0.569. The van der Waals surface area contributed by atoms with Gasteiger partial charge in [-0.05, 0) is 30.7 Å². The van der Waals surface area contributed by atoms with E-state index in [-0.39, 0.29) is 5.82 Å². The van der Waals surface area contributed by atoms with E-state index in [0.717, 1.165) is 21.9 Å². The minimum atomic E-state index is -0.195. The minimum absolute atomic E-state index is 0.195. The maximum atomic E-state index is 12.9. The fourth-order valence-corrected chi connectivity index (χ4v) is 2.89. The number of thioether (sulfide) groups is 1. The number of benzene rings is 1. The van der Waals surface area contributed by atoms with Crippen molar-refractivity contribution in [3.05, 3.63) is 40.7 Å². The highest BCUT2D eigenvalue weighted by Crippen LogP contribution is 2.27. The molecule has 0 aliphatic heterocycles. The molecule has 84 valence electrons. The van der Waals surface area contributed by atoms with Crippen LogP contribution in [0.25, 0.3) is 0 Å². The van der Waals surface area contributed by atoms with Crippen LogP contribution in [-0.2, 0) is 5.75 Å². The molecule has 0 atom stereocenters. The monoisotopic (exact) mass is 254 g/mol. The van der Waals surface area contributed by atoms with Crippen molar-refractivity contribution in [1.29, 1.82) is 0 Å². The molecule has 16 heavy (non-hydrogen) atoms. The number of thiazole rings is 1. The molecule has 0 fully saturated rings. The molecule has 0 saturated carbocycles. The van der Waals surface area contributed by atoms with Gasteiger partial charge in [0.15, 0.2) is 5.13 Å². The number of hydrogen-bond donors (Lipinski definition) is 1. The lowest BCUT2D eigenvalue weighted by molar-refractivity contribution is 0.625. The maximum Gasteiger partial charge on any atom is 0.180 e. The molecule has 0 aliphatic rings. The van der Waals surface area contributed by atoms with Crippen LogP contribution in [0.1, 0.15) is 11.3 Å². The Bertz CT molecular complexity index is 496. The second-order valence-electron chi connectivity index (χ2n) is 3.38. The van der Waals surface area contributed by atoms with E-state index in [4.69, 9.17) is 5.73 Å². The lowest BCUT2D eigenvalue weighted by Crippen LogP contribution is -1.86. The SMILES string of the molecule is Cc1cc(F)ccc1SCc1csc(N)n1. The van der Waals surface area contributed by atoms with E-state index in [1.54, 1.807) is 17.8 Å². The number of nitrogens with two attached hydrogens (primary N) is 1. The summed E-state index contributed by atoms with van der Waals surface area (Å²) < 4.78 is 12.9. The number of aryl methyl sites for hydroxylation is 1. The fraction of sp³-hybridized carbons (Fsp3) is 0.182. The largest absolute Gasteiger partial charge is 0.375 e. The van der Waals surface area contributed by atoms with Gasteiger partial charge < -0.3 is 5.73 Å². The van der Waals surface area contributed by atoms with Gasteiger partial charge in [-0.3, -0.25) is 0 Å². The van der Waals surface area contributed by atoms with Crippen LogP contribution in [-0.4, -0.2) is 4.98 Å². The Hall–Kier alpha value is -1.07. The Morgan fingerprint density at radius 1 is 1.50 bits per heavy atom. The molecule has 0 amide bonds. The number of nitrogen functional groups attached to an aromatic ring is 1. The lowest BCUT2D eigenvalue weighted by atomic mass is 10.2. The normalized spacial score (nSPS) is 10.6. The average molecular weight is 254 g/mol. The highest BCUT2D eigenvalue weighted by molar-refractivity contribution is 7.98. The average Bonchev–Trinajstić information content (AvgIpc) is 2.63. The van der Waals surface area contributed by atoms with Gasteiger partial charge in [0.1, 0.15) is 5.82 Å². The first-order valence-electron chi connectivity index (χ1n) is 4.74. The summed E-state index contributed by atoms with van der Waals surface area (Å²) in [6.07, 6.45) is 0. The molecular weight excluding hydrogens is 243 g/mol. The molecule has 2 rings (SSSR count). The lowest BCUT2D eigenvalue weighted by Gasteiger charge is -2.03. The third-order valence-corrected chi connectivity index (χ3v) is 4.01. The smallest absolute Gasteiger partial charge is 0.180 e. The summed E-state index contributed by atoms with van der Waals surface area (Å²) in [5, 5.41) is 2.53. The van der Waals surface area contributed by atoms with Crippen LogP contribution in [0.3, 0.4) is 0 Å². The minimum Gasteiger partial charge on any atom is -0.375 e. The summed E-state index contributed by atoms with van der Waals surface area (Å²) in [5.41, 5.74) is 7.47. The predicted molar refractivity (Wildman–Crippen MR) is 67.2 cm³/mol. The van der Waals surface area contributed by atoms with Gasteiger partial charge in [-0.1, -0.05) is 0 Å². The van der Waals surface area contributed by atoms with Crippen molar-refractivity contribution in [2.45, 2.75) is 17.6 Å². The Labute approximate surface area is 102 Å². The first kappa shape index (κ1) is 11.4. The highest BCUT2D eigenvalue weighted by atomic mass is 32.2. The molecule has 1 aromatic carbocycles. The number of aromatic nitrogens is 1. The van der Waals surface area contributed by atoms with Crippen molar-refractivity contribution in [2.24, 2.45) is 0 Å². The molecule has 2 nitrogen and oxygen atoms in total. The van der Waals surface area contributed by atoms with E-state index >= 15 is 0 Å². The maximum absolute atomic E-state index is 12.9. The molecule has 1 heterocycles. The van der Waals surface area contributed by atoms with Crippen LogP contribution < -0.4 is 5.73 Å². The zero-order chi connectivity index (χ0) is 11.5. The van der Waals surface area contributed by atoms with Gasteiger partial charge in [-0.25, -0.2) is 9.37 Å². The number of nitrogens with zero attached hydrogens (tertiary/aromatic N) is 1. The second-order valence-corrected chi connectivity index (χ2v) is 5.28. The molecule has 0 radical (unpaired) electrons. The van der Waals surface area contributed by atoms with E-state index in [1.807, 2.05) is 12.3 Å². The Kier molecular flexibility index (Phi) is 3.46. The first-order chi connectivity index (χ1) is 7.65. The Morgan fingerprint density at radius 2 is 2.31 bits per heavy atom. The number of hydrogen-bond acceptors (Lipinski definition) is 4. The van der Waals surface area contributed by atoms with Crippen LogP contribution in [0.2, 0.25) is 0 Å². The van der Waals surface area contributed by atoms with E-state index in [0.29, 0.717) is 5.13 Å². The quantitative estimate of drug-likeness (QED) is 0.852. The van der Waals surface area contributed by atoms with Gasteiger partial charge in [0.25, 0.3) is 0 Å². The fourth-order valence-electron chi connectivity index (χ4n) is 1.32.